The number of esters is 1. The van der Waals surface area contributed by atoms with Crippen LogP contribution in [0.5, 0.6) is 0 Å². The molecular weight excluding hydrogens is 350 g/mol. The Morgan fingerprint density at radius 2 is 2.11 bits per heavy atom. The number of rotatable bonds is 9. The van der Waals surface area contributed by atoms with Crippen molar-refractivity contribution in [3.05, 3.63) is 35.7 Å². The molecule has 0 saturated carbocycles. The molecule has 2 aromatic rings. The molecule has 0 radical (unpaired) electrons. The number of fused-ring (bicyclic) bond motifs is 1. The molecule has 0 saturated heterocycles. The molecule has 2 rings (SSSR count). The molecule has 1 unspecified atom stereocenters. The van der Waals surface area contributed by atoms with Gasteiger partial charge in [-0.3, -0.25) is 0 Å². The van der Waals surface area contributed by atoms with Crippen molar-refractivity contribution in [3.63, 3.8) is 0 Å². The number of ether oxygens (including phenoxy) is 1. The number of likely N-dealkylation sites (N-methyl/N-ethyl adjacent to an activating group) is 1. The van der Waals surface area contributed by atoms with Gasteiger partial charge in [-0.1, -0.05) is 40.7 Å². The van der Waals surface area contributed by atoms with E-state index in [2.05, 4.69) is 55.3 Å². The topological polar surface area (TPSA) is 56.2 Å². The molecule has 0 aliphatic rings. The van der Waals surface area contributed by atoms with Crippen LogP contribution in [0, 0.1) is 11.3 Å². The van der Waals surface area contributed by atoms with E-state index < -0.39 is 0 Å². The van der Waals surface area contributed by atoms with E-state index in [1.165, 1.54) is 13.2 Å². The molecule has 5 heteroatoms. The van der Waals surface area contributed by atoms with Crippen LogP contribution in [-0.2, 0) is 22.5 Å². The van der Waals surface area contributed by atoms with E-state index in [0.29, 0.717) is 11.3 Å². The lowest BCUT2D eigenvalue weighted by molar-refractivity contribution is -0.134. The van der Waals surface area contributed by atoms with Crippen molar-refractivity contribution in [2.75, 3.05) is 20.2 Å². The third-order valence-electron chi connectivity index (χ3n) is 4.72. The quantitative estimate of drug-likeness (QED) is 0.394. The molecule has 1 aromatic carbocycles. The van der Waals surface area contributed by atoms with E-state index in [-0.39, 0.29) is 5.97 Å². The SMILES string of the molecule is CCNCCn1c(CC(C)CC(C)(C)C)nc2cc(/C=C/C(=O)OC)ccc21. The predicted octanol–water partition coefficient (Wildman–Crippen LogP) is 4.45. The van der Waals surface area contributed by atoms with E-state index in [1.54, 1.807) is 6.08 Å². The van der Waals surface area contributed by atoms with Gasteiger partial charge >= 0.3 is 5.97 Å². The van der Waals surface area contributed by atoms with Crippen LogP contribution in [0.25, 0.3) is 17.1 Å². The van der Waals surface area contributed by atoms with Crippen molar-refractivity contribution < 1.29 is 9.53 Å². The molecule has 0 aliphatic carbocycles. The van der Waals surface area contributed by atoms with Crippen molar-refractivity contribution in [3.8, 4) is 0 Å². The van der Waals surface area contributed by atoms with Crippen molar-refractivity contribution in [1.82, 2.24) is 14.9 Å². The first-order chi connectivity index (χ1) is 13.2. The van der Waals surface area contributed by atoms with Gasteiger partial charge in [0, 0.05) is 25.6 Å². The van der Waals surface area contributed by atoms with Crippen LogP contribution >= 0.6 is 0 Å². The third-order valence-corrected chi connectivity index (χ3v) is 4.72. The van der Waals surface area contributed by atoms with Crippen molar-refractivity contribution >= 4 is 23.1 Å². The summed E-state index contributed by atoms with van der Waals surface area (Å²) >= 11 is 0. The van der Waals surface area contributed by atoms with Crippen LogP contribution in [0.4, 0.5) is 0 Å². The number of benzene rings is 1. The molecule has 1 heterocycles. The van der Waals surface area contributed by atoms with Gasteiger partial charge in [0.1, 0.15) is 5.82 Å². The average Bonchev–Trinajstić information content (AvgIpc) is 2.94. The lowest BCUT2D eigenvalue weighted by Crippen LogP contribution is -2.21. The lowest BCUT2D eigenvalue weighted by Gasteiger charge is -2.23. The van der Waals surface area contributed by atoms with Crippen LogP contribution in [0.3, 0.4) is 0 Å². The fourth-order valence-electron chi connectivity index (χ4n) is 3.73. The van der Waals surface area contributed by atoms with Gasteiger partial charge in [-0.15, -0.1) is 0 Å². The monoisotopic (exact) mass is 385 g/mol. The Hall–Kier alpha value is -2.14. The molecule has 154 valence electrons. The van der Waals surface area contributed by atoms with Crippen molar-refractivity contribution in [2.24, 2.45) is 11.3 Å². The number of nitrogens with one attached hydrogen (secondary N) is 1. The summed E-state index contributed by atoms with van der Waals surface area (Å²) in [4.78, 5) is 16.3. The fourth-order valence-corrected chi connectivity index (χ4v) is 3.73. The fraction of sp³-hybridized carbons (Fsp3) is 0.565. The Labute approximate surface area is 169 Å². The maximum Gasteiger partial charge on any atom is 0.330 e. The summed E-state index contributed by atoms with van der Waals surface area (Å²) < 4.78 is 7.01. The Bertz CT molecular complexity index is 815. The van der Waals surface area contributed by atoms with E-state index in [0.717, 1.165) is 54.9 Å². The molecule has 0 spiro atoms. The predicted molar refractivity (Wildman–Crippen MR) is 116 cm³/mol. The molecular formula is C23H35N3O2. The number of carbonyl (C=O) groups excluding carboxylic acids is 1. The standard InChI is InChI=1S/C23H35N3O2/c1-7-24-12-13-26-20-10-8-18(9-11-22(27)28-6)15-19(20)25-21(26)14-17(2)16-23(3,4)5/h8-11,15,17,24H,7,12-14,16H2,1-6H3/b11-9+. The second-order valence-corrected chi connectivity index (χ2v) is 8.71. The number of nitrogens with zero attached hydrogens (tertiary/aromatic N) is 2. The third kappa shape index (κ3) is 6.48. The molecule has 0 amide bonds. The number of imidazole rings is 1. The van der Waals surface area contributed by atoms with Crippen molar-refractivity contribution in [2.45, 2.75) is 54.0 Å². The van der Waals surface area contributed by atoms with Gasteiger partial charge in [0.25, 0.3) is 0 Å². The van der Waals surface area contributed by atoms with E-state index >= 15 is 0 Å². The molecule has 1 aromatic heterocycles. The first-order valence-corrected chi connectivity index (χ1v) is 10.2. The molecule has 1 N–H and O–H groups in total. The molecule has 5 nitrogen and oxygen atoms in total. The zero-order valence-electron chi connectivity index (χ0n) is 18.2. The highest BCUT2D eigenvalue weighted by Crippen LogP contribution is 2.27. The summed E-state index contributed by atoms with van der Waals surface area (Å²) in [7, 11) is 1.38. The highest BCUT2D eigenvalue weighted by molar-refractivity contribution is 5.88. The van der Waals surface area contributed by atoms with E-state index in [1.807, 2.05) is 12.1 Å². The minimum Gasteiger partial charge on any atom is -0.466 e. The maximum atomic E-state index is 11.4. The summed E-state index contributed by atoms with van der Waals surface area (Å²) in [6.07, 6.45) is 5.34. The largest absolute Gasteiger partial charge is 0.466 e. The summed E-state index contributed by atoms with van der Waals surface area (Å²) in [6.45, 7) is 14.1. The lowest BCUT2D eigenvalue weighted by atomic mass is 9.84. The minimum atomic E-state index is -0.354. The minimum absolute atomic E-state index is 0.311. The second-order valence-electron chi connectivity index (χ2n) is 8.71. The van der Waals surface area contributed by atoms with Crippen LogP contribution in [-0.4, -0.2) is 35.7 Å². The first-order valence-electron chi connectivity index (χ1n) is 10.2. The highest BCUT2D eigenvalue weighted by Gasteiger charge is 2.19. The number of hydrogen-bond acceptors (Lipinski definition) is 4. The maximum absolute atomic E-state index is 11.4. The number of aromatic nitrogens is 2. The molecule has 0 fully saturated rings. The van der Waals surface area contributed by atoms with Gasteiger partial charge in [0.15, 0.2) is 0 Å². The van der Waals surface area contributed by atoms with Gasteiger partial charge in [0.2, 0.25) is 0 Å². The van der Waals surface area contributed by atoms with Crippen LogP contribution < -0.4 is 5.32 Å². The second kappa shape index (κ2) is 9.87. The Balaban J connectivity index is 2.32. The van der Waals surface area contributed by atoms with Gasteiger partial charge in [-0.2, -0.15) is 0 Å². The van der Waals surface area contributed by atoms with Gasteiger partial charge in [-0.25, -0.2) is 9.78 Å². The summed E-state index contributed by atoms with van der Waals surface area (Å²) in [5.41, 5.74) is 3.38. The number of methoxy groups -OCH3 is 1. The van der Waals surface area contributed by atoms with Gasteiger partial charge in [0.05, 0.1) is 18.1 Å². The normalized spacial score (nSPS) is 13.4. The van der Waals surface area contributed by atoms with Crippen LogP contribution in [0.15, 0.2) is 24.3 Å². The van der Waals surface area contributed by atoms with E-state index in [4.69, 9.17) is 4.98 Å². The van der Waals surface area contributed by atoms with E-state index in [9.17, 15) is 4.79 Å². The zero-order chi connectivity index (χ0) is 20.7. The molecule has 28 heavy (non-hydrogen) atoms. The molecule has 0 aliphatic heterocycles. The zero-order valence-corrected chi connectivity index (χ0v) is 18.2. The summed E-state index contributed by atoms with van der Waals surface area (Å²) in [6, 6.07) is 6.16. The van der Waals surface area contributed by atoms with Crippen LogP contribution in [0.2, 0.25) is 0 Å². The number of hydrogen-bond donors (Lipinski definition) is 1. The molecule has 1 atom stereocenters. The van der Waals surface area contributed by atoms with Gasteiger partial charge < -0.3 is 14.6 Å². The van der Waals surface area contributed by atoms with Crippen molar-refractivity contribution in [1.29, 1.82) is 0 Å². The highest BCUT2D eigenvalue weighted by atomic mass is 16.5. The Morgan fingerprint density at radius 1 is 1.36 bits per heavy atom. The van der Waals surface area contributed by atoms with Gasteiger partial charge in [-0.05, 0) is 48.1 Å². The molecule has 0 bridgehead atoms. The number of carbonyl (C=O) groups is 1. The Kier molecular flexibility index (Phi) is 7.81. The summed E-state index contributed by atoms with van der Waals surface area (Å²) in [5.74, 6) is 1.35. The summed E-state index contributed by atoms with van der Waals surface area (Å²) in [5, 5.41) is 3.41. The Morgan fingerprint density at radius 3 is 2.75 bits per heavy atom. The smallest absolute Gasteiger partial charge is 0.330 e. The van der Waals surface area contributed by atoms with Crippen LogP contribution in [0.1, 0.15) is 52.4 Å². The average molecular weight is 386 g/mol. The first kappa shape index (κ1) is 22.2.